The first-order chi connectivity index (χ1) is 10.6. The predicted molar refractivity (Wildman–Crippen MR) is 84.0 cm³/mol. The van der Waals surface area contributed by atoms with Gasteiger partial charge in [0.25, 0.3) is 5.91 Å². The molecular weight excluding hydrogens is 280 g/mol. The van der Waals surface area contributed by atoms with Crippen molar-refractivity contribution in [3.8, 4) is 0 Å². The fourth-order valence-corrected chi connectivity index (χ4v) is 2.51. The molecule has 118 valence electrons. The van der Waals surface area contributed by atoms with Crippen LogP contribution in [0.25, 0.3) is 0 Å². The number of allylic oxidation sites excluding steroid dienone is 1. The van der Waals surface area contributed by atoms with Crippen LogP contribution in [0.15, 0.2) is 35.7 Å². The second-order valence-corrected chi connectivity index (χ2v) is 5.39. The van der Waals surface area contributed by atoms with Gasteiger partial charge in [-0.25, -0.2) is 4.79 Å². The molecule has 1 aliphatic rings. The number of nitrogens with one attached hydrogen (secondary N) is 3. The Kier molecular flexibility index (Phi) is 5.52. The lowest BCUT2D eigenvalue weighted by Gasteiger charge is -2.25. The van der Waals surface area contributed by atoms with Crippen molar-refractivity contribution in [2.24, 2.45) is 0 Å². The highest BCUT2D eigenvalue weighted by atomic mass is 16.2. The minimum Gasteiger partial charge on any atom is -0.352 e. The Morgan fingerprint density at radius 3 is 2.86 bits per heavy atom. The van der Waals surface area contributed by atoms with Gasteiger partial charge in [0.15, 0.2) is 0 Å². The second kappa shape index (κ2) is 7.59. The van der Waals surface area contributed by atoms with Crippen LogP contribution in [0.1, 0.15) is 32.4 Å². The Balaban J connectivity index is 1.74. The molecule has 0 fully saturated rings. The van der Waals surface area contributed by atoms with E-state index in [1.807, 2.05) is 18.2 Å². The smallest absolute Gasteiger partial charge is 0.319 e. The summed E-state index contributed by atoms with van der Waals surface area (Å²) in [5, 5.41) is 8.22. The zero-order valence-electron chi connectivity index (χ0n) is 13.0. The zero-order chi connectivity index (χ0) is 15.9. The summed E-state index contributed by atoms with van der Waals surface area (Å²) in [6, 6.07) is 5.34. The molecule has 0 saturated heterocycles. The van der Waals surface area contributed by atoms with Gasteiger partial charge in [0.2, 0.25) is 0 Å². The lowest BCUT2D eigenvalue weighted by molar-refractivity contribution is -0.117. The lowest BCUT2D eigenvalue weighted by atomic mass is 10.0. The molecule has 1 aromatic heterocycles. The predicted octanol–water partition coefficient (Wildman–Crippen LogP) is 1.50. The zero-order valence-corrected chi connectivity index (χ0v) is 13.0. The van der Waals surface area contributed by atoms with Gasteiger partial charge in [0.05, 0.1) is 11.6 Å². The molecule has 0 aromatic carbocycles. The number of hydrogen-bond acceptors (Lipinski definition) is 3. The monoisotopic (exact) mass is 302 g/mol. The molecule has 3 amide bonds. The van der Waals surface area contributed by atoms with Gasteiger partial charge in [-0.1, -0.05) is 6.07 Å². The van der Waals surface area contributed by atoms with Gasteiger partial charge in [-0.3, -0.25) is 9.78 Å². The fourth-order valence-electron chi connectivity index (χ4n) is 2.51. The number of nitrogens with zero attached hydrogens (tertiary/aromatic N) is 1. The number of aryl methyl sites for hydroxylation is 1. The first-order valence-electron chi connectivity index (χ1n) is 7.54. The first kappa shape index (κ1) is 16.0. The number of aromatic nitrogens is 1. The van der Waals surface area contributed by atoms with Crippen LogP contribution in [0.2, 0.25) is 0 Å². The van der Waals surface area contributed by atoms with E-state index in [1.54, 1.807) is 20.0 Å². The molecule has 0 spiro atoms. The third-order valence-corrected chi connectivity index (χ3v) is 3.60. The first-order valence-corrected chi connectivity index (χ1v) is 7.54. The molecule has 0 aliphatic carbocycles. The van der Waals surface area contributed by atoms with Crippen LogP contribution < -0.4 is 16.0 Å². The number of rotatable bonds is 6. The van der Waals surface area contributed by atoms with Crippen molar-refractivity contribution in [2.45, 2.75) is 39.2 Å². The summed E-state index contributed by atoms with van der Waals surface area (Å²) in [6.07, 6.45) is 4.56. The van der Waals surface area contributed by atoms with Crippen molar-refractivity contribution in [1.82, 2.24) is 20.9 Å². The number of carbonyl (C=O) groups excluding carboxylic acids is 2. The van der Waals surface area contributed by atoms with E-state index in [0.29, 0.717) is 17.8 Å². The Bertz CT molecular complexity index is 569. The van der Waals surface area contributed by atoms with Crippen LogP contribution in [-0.2, 0) is 11.2 Å². The van der Waals surface area contributed by atoms with Crippen LogP contribution in [0.4, 0.5) is 4.79 Å². The lowest BCUT2D eigenvalue weighted by Crippen LogP contribution is -2.50. The van der Waals surface area contributed by atoms with E-state index in [4.69, 9.17) is 0 Å². The van der Waals surface area contributed by atoms with Gasteiger partial charge in [-0.05, 0) is 45.2 Å². The third kappa shape index (κ3) is 4.31. The molecule has 0 radical (unpaired) electrons. The second-order valence-electron chi connectivity index (χ2n) is 5.39. The number of pyridine rings is 1. The van der Waals surface area contributed by atoms with E-state index in [-0.39, 0.29) is 18.0 Å². The number of urea groups is 1. The molecule has 2 rings (SSSR count). The maximum Gasteiger partial charge on any atom is 0.319 e. The highest BCUT2D eigenvalue weighted by Crippen LogP contribution is 2.11. The van der Waals surface area contributed by atoms with Gasteiger partial charge in [0.1, 0.15) is 0 Å². The highest BCUT2D eigenvalue weighted by molar-refractivity contribution is 5.98. The van der Waals surface area contributed by atoms with Crippen molar-refractivity contribution in [3.05, 3.63) is 41.4 Å². The summed E-state index contributed by atoms with van der Waals surface area (Å²) in [5.41, 5.74) is 2.27. The van der Waals surface area contributed by atoms with Crippen molar-refractivity contribution < 1.29 is 9.59 Å². The Hall–Kier alpha value is -2.37. The maximum absolute atomic E-state index is 12.2. The number of unbranched alkanes of at least 4 members (excludes halogenated alkanes) is 1. The quantitative estimate of drug-likeness (QED) is 0.696. The van der Waals surface area contributed by atoms with E-state index in [9.17, 15) is 9.59 Å². The molecule has 2 heterocycles. The van der Waals surface area contributed by atoms with Crippen LogP contribution in [0, 0.1) is 0 Å². The largest absolute Gasteiger partial charge is 0.352 e. The van der Waals surface area contributed by atoms with Crippen molar-refractivity contribution >= 4 is 11.9 Å². The minimum atomic E-state index is -0.276. The van der Waals surface area contributed by atoms with Crippen LogP contribution in [-0.4, -0.2) is 29.5 Å². The summed E-state index contributed by atoms with van der Waals surface area (Å²) < 4.78 is 0. The van der Waals surface area contributed by atoms with E-state index in [0.717, 1.165) is 25.0 Å². The molecule has 6 heteroatoms. The minimum absolute atomic E-state index is 0.129. The average Bonchev–Trinajstić information content (AvgIpc) is 2.47. The number of carbonyl (C=O) groups is 2. The molecular formula is C16H22N4O2. The highest BCUT2D eigenvalue weighted by Gasteiger charge is 2.26. The molecule has 0 saturated carbocycles. The van der Waals surface area contributed by atoms with E-state index < -0.39 is 0 Å². The molecule has 22 heavy (non-hydrogen) atoms. The molecule has 1 aromatic rings. The van der Waals surface area contributed by atoms with Gasteiger partial charge < -0.3 is 16.0 Å². The maximum atomic E-state index is 12.2. The SMILES string of the molecule is CC1=C(C(=O)NCCCCc2ccccn2)[C@H](C)NC(=O)N1. The molecule has 0 bridgehead atoms. The topological polar surface area (TPSA) is 83.1 Å². The van der Waals surface area contributed by atoms with Crippen molar-refractivity contribution in [3.63, 3.8) is 0 Å². The normalized spacial score (nSPS) is 17.7. The van der Waals surface area contributed by atoms with Gasteiger partial charge in [-0.15, -0.1) is 0 Å². The number of amides is 3. The summed E-state index contributed by atoms with van der Waals surface area (Å²) in [6.45, 7) is 4.16. The summed E-state index contributed by atoms with van der Waals surface area (Å²) in [7, 11) is 0. The van der Waals surface area contributed by atoms with Crippen LogP contribution in [0.5, 0.6) is 0 Å². The number of hydrogen-bond donors (Lipinski definition) is 3. The van der Waals surface area contributed by atoms with Crippen LogP contribution >= 0.6 is 0 Å². The molecule has 6 nitrogen and oxygen atoms in total. The average molecular weight is 302 g/mol. The summed E-state index contributed by atoms with van der Waals surface area (Å²) in [4.78, 5) is 27.7. The Morgan fingerprint density at radius 1 is 1.36 bits per heavy atom. The third-order valence-electron chi connectivity index (χ3n) is 3.60. The summed E-state index contributed by atoms with van der Waals surface area (Å²) in [5.74, 6) is -0.129. The fraction of sp³-hybridized carbons (Fsp3) is 0.438. The van der Waals surface area contributed by atoms with Crippen molar-refractivity contribution in [2.75, 3.05) is 6.54 Å². The molecule has 1 aliphatic heterocycles. The van der Waals surface area contributed by atoms with Gasteiger partial charge in [-0.2, -0.15) is 0 Å². The molecule has 0 unspecified atom stereocenters. The summed E-state index contributed by atoms with van der Waals surface area (Å²) >= 11 is 0. The van der Waals surface area contributed by atoms with Gasteiger partial charge >= 0.3 is 6.03 Å². The molecule has 1 atom stereocenters. The van der Waals surface area contributed by atoms with Gasteiger partial charge in [0, 0.05) is 24.1 Å². The molecule has 3 N–H and O–H groups in total. The Labute approximate surface area is 130 Å². The van der Waals surface area contributed by atoms with E-state index in [2.05, 4.69) is 20.9 Å². The van der Waals surface area contributed by atoms with Crippen molar-refractivity contribution in [1.29, 1.82) is 0 Å². The Morgan fingerprint density at radius 2 is 2.18 bits per heavy atom. The van der Waals surface area contributed by atoms with E-state index >= 15 is 0 Å². The van der Waals surface area contributed by atoms with Crippen LogP contribution in [0.3, 0.4) is 0 Å². The van der Waals surface area contributed by atoms with E-state index in [1.165, 1.54) is 0 Å². The standard InChI is InChI=1S/C16H22N4O2/c1-11-14(12(2)20-16(22)19-11)15(21)18-10-6-4-8-13-7-3-5-9-17-13/h3,5,7,9,11H,4,6,8,10H2,1-2H3,(H,18,21)(H2,19,20,22)/t11-/m0/s1.